The first-order valence-corrected chi connectivity index (χ1v) is 9.80. The van der Waals surface area contributed by atoms with Crippen LogP contribution >= 0.6 is 0 Å². The predicted molar refractivity (Wildman–Crippen MR) is 107 cm³/mol. The van der Waals surface area contributed by atoms with Crippen LogP contribution in [0.5, 0.6) is 0 Å². The van der Waals surface area contributed by atoms with Crippen LogP contribution in [0, 0.1) is 5.82 Å². The van der Waals surface area contributed by atoms with E-state index in [1.165, 1.54) is 29.2 Å². The van der Waals surface area contributed by atoms with Crippen molar-refractivity contribution in [3.8, 4) is 0 Å². The molecule has 30 heavy (non-hydrogen) atoms. The number of amides is 1. The number of hydrogen-bond acceptors (Lipinski definition) is 6. The lowest BCUT2D eigenvalue weighted by atomic mass is 9.96. The van der Waals surface area contributed by atoms with Crippen LogP contribution in [0.1, 0.15) is 17.2 Å². The molecule has 1 aromatic carbocycles. The zero-order valence-electron chi connectivity index (χ0n) is 16.3. The fourth-order valence-electron chi connectivity index (χ4n) is 3.83. The van der Waals surface area contributed by atoms with Gasteiger partial charge in [0.05, 0.1) is 24.8 Å². The molecule has 8 heteroatoms. The van der Waals surface area contributed by atoms with Crippen molar-refractivity contribution in [2.45, 2.75) is 6.04 Å². The highest BCUT2D eigenvalue weighted by atomic mass is 19.1. The lowest BCUT2D eigenvalue weighted by molar-refractivity contribution is -0.140. The summed E-state index contributed by atoms with van der Waals surface area (Å²) < 4.78 is 18.7. The summed E-state index contributed by atoms with van der Waals surface area (Å²) in [6.45, 7) is 3.70. The molecule has 1 N–H and O–H groups in total. The molecule has 4 rings (SSSR count). The lowest BCUT2D eigenvalue weighted by Gasteiger charge is -2.30. The first-order valence-electron chi connectivity index (χ1n) is 9.80. The first-order chi connectivity index (χ1) is 14.6. The maximum Gasteiger partial charge on any atom is 0.295 e. The standard InChI is InChI=1S/C22H22FN3O4/c23-17-5-3-15(4-6-17)20(27)18-19(16-2-1-7-24-14-16)26(22(29)21(18)28)9-8-25-10-12-30-13-11-25/h1-7,14,19,27H,8-13H2/b20-18-. The number of likely N-dealkylation sites (tertiary alicyclic amines) is 1. The molecule has 1 aromatic heterocycles. The highest BCUT2D eigenvalue weighted by Gasteiger charge is 2.46. The Bertz CT molecular complexity index is 956. The molecule has 2 saturated heterocycles. The normalized spacial score (nSPS) is 21.9. The number of carbonyl (C=O) groups is 2. The van der Waals surface area contributed by atoms with Crippen LogP contribution in [0.4, 0.5) is 4.39 Å². The number of aromatic nitrogens is 1. The summed E-state index contributed by atoms with van der Waals surface area (Å²) in [5.74, 6) is -2.20. The highest BCUT2D eigenvalue weighted by Crippen LogP contribution is 2.38. The van der Waals surface area contributed by atoms with Crippen LogP contribution < -0.4 is 0 Å². The zero-order valence-corrected chi connectivity index (χ0v) is 16.3. The van der Waals surface area contributed by atoms with Crippen molar-refractivity contribution in [3.63, 3.8) is 0 Å². The Balaban J connectivity index is 1.71. The van der Waals surface area contributed by atoms with E-state index in [-0.39, 0.29) is 16.9 Å². The summed E-state index contributed by atoms with van der Waals surface area (Å²) in [5.41, 5.74) is 0.889. The van der Waals surface area contributed by atoms with Crippen molar-refractivity contribution < 1.29 is 23.8 Å². The minimum absolute atomic E-state index is 0.0124. The summed E-state index contributed by atoms with van der Waals surface area (Å²) in [6.07, 6.45) is 3.18. The van der Waals surface area contributed by atoms with E-state index in [2.05, 4.69) is 9.88 Å². The largest absolute Gasteiger partial charge is 0.507 e. The SMILES string of the molecule is O=C1C(=O)N(CCN2CCOCC2)C(c2cccnc2)/C1=C(/O)c1ccc(F)cc1. The third-order valence-electron chi connectivity index (χ3n) is 5.42. The summed E-state index contributed by atoms with van der Waals surface area (Å²) in [4.78, 5) is 33.5. The van der Waals surface area contributed by atoms with Crippen molar-refractivity contribution in [1.29, 1.82) is 0 Å². The number of Topliss-reactive ketones (excluding diaryl/α,β-unsaturated/α-hetero) is 1. The first kappa shape index (κ1) is 20.2. The van der Waals surface area contributed by atoms with Crippen molar-refractivity contribution in [1.82, 2.24) is 14.8 Å². The molecule has 0 aliphatic carbocycles. The second-order valence-corrected chi connectivity index (χ2v) is 7.24. The third-order valence-corrected chi connectivity index (χ3v) is 5.42. The molecule has 2 fully saturated rings. The molecule has 0 spiro atoms. The Hall–Kier alpha value is -3.10. The van der Waals surface area contributed by atoms with Gasteiger partial charge in [-0.15, -0.1) is 0 Å². The number of pyridine rings is 1. The molecule has 2 aliphatic heterocycles. The number of nitrogens with zero attached hydrogens (tertiary/aromatic N) is 3. The van der Waals surface area contributed by atoms with Gasteiger partial charge in [0.25, 0.3) is 11.7 Å². The highest BCUT2D eigenvalue weighted by molar-refractivity contribution is 6.46. The molecule has 1 amide bonds. The number of hydrogen-bond donors (Lipinski definition) is 1. The van der Waals surface area contributed by atoms with E-state index in [0.717, 1.165) is 13.1 Å². The Labute approximate surface area is 173 Å². The molecule has 0 bridgehead atoms. The van der Waals surface area contributed by atoms with Crippen LogP contribution in [0.25, 0.3) is 5.76 Å². The summed E-state index contributed by atoms with van der Waals surface area (Å²) >= 11 is 0. The summed E-state index contributed by atoms with van der Waals surface area (Å²) in [7, 11) is 0. The van der Waals surface area contributed by atoms with Gasteiger partial charge in [-0.2, -0.15) is 0 Å². The van der Waals surface area contributed by atoms with Gasteiger partial charge in [-0.3, -0.25) is 19.5 Å². The molecular weight excluding hydrogens is 389 g/mol. The van der Waals surface area contributed by atoms with E-state index in [1.54, 1.807) is 24.5 Å². The van der Waals surface area contributed by atoms with E-state index in [9.17, 15) is 19.1 Å². The van der Waals surface area contributed by atoms with E-state index in [4.69, 9.17) is 4.74 Å². The number of ketones is 1. The molecular formula is C22H22FN3O4. The van der Waals surface area contributed by atoms with Crippen LogP contribution in [0.3, 0.4) is 0 Å². The lowest BCUT2D eigenvalue weighted by Crippen LogP contribution is -2.42. The van der Waals surface area contributed by atoms with Gasteiger partial charge in [0.15, 0.2) is 0 Å². The number of halogens is 1. The smallest absolute Gasteiger partial charge is 0.295 e. The fraction of sp³-hybridized carbons (Fsp3) is 0.318. The van der Waals surface area contributed by atoms with Crippen LogP contribution in [-0.4, -0.2) is 71.0 Å². The van der Waals surface area contributed by atoms with Gasteiger partial charge in [-0.25, -0.2) is 4.39 Å². The molecule has 7 nitrogen and oxygen atoms in total. The van der Waals surface area contributed by atoms with Gasteiger partial charge in [-0.05, 0) is 35.9 Å². The van der Waals surface area contributed by atoms with Gasteiger partial charge in [-0.1, -0.05) is 6.07 Å². The molecule has 2 aliphatic rings. The van der Waals surface area contributed by atoms with E-state index >= 15 is 0 Å². The zero-order chi connectivity index (χ0) is 21.1. The summed E-state index contributed by atoms with van der Waals surface area (Å²) in [6, 6.07) is 7.88. The van der Waals surface area contributed by atoms with Crippen molar-refractivity contribution in [3.05, 3.63) is 71.3 Å². The number of aliphatic hydroxyl groups is 1. The number of ether oxygens (including phenoxy) is 1. The molecule has 156 valence electrons. The van der Waals surface area contributed by atoms with Crippen LogP contribution in [-0.2, 0) is 14.3 Å². The molecule has 1 atom stereocenters. The number of carbonyl (C=O) groups excluding carboxylic acids is 2. The molecule has 3 heterocycles. The third kappa shape index (κ3) is 3.96. The van der Waals surface area contributed by atoms with E-state index < -0.39 is 23.5 Å². The Morgan fingerprint density at radius 2 is 1.87 bits per heavy atom. The molecule has 1 unspecified atom stereocenters. The molecule has 0 radical (unpaired) electrons. The summed E-state index contributed by atoms with van der Waals surface area (Å²) in [5, 5.41) is 10.9. The van der Waals surface area contributed by atoms with Gasteiger partial charge in [0.1, 0.15) is 11.6 Å². The number of benzene rings is 1. The quantitative estimate of drug-likeness (QED) is 0.460. The Morgan fingerprint density at radius 3 is 2.53 bits per heavy atom. The van der Waals surface area contributed by atoms with Crippen LogP contribution in [0.2, 0.25) is 0 Å². The topological polar surface area (TPSA) is 83.0 Å². The maximum atomic E-state index is 13.3. The van der Waals surface area contributed by atoms with E-state index in [1.807, 2.05) is 0 Å². The average molecular weight is 411 g/mol. The van der Waals surface area contributed by atoms with E-state index in [0.29, 0.717) is 31.9 Å². The minimum Gasteiger partial charge on any atom is -0.507 e. The van der Waals surface area contributed by atoms with Crippen molar-refractivity contribution in [2.24, 2.45) is 0 Å². The average Bonchev–Trinajstić information content (AvgIpc) is 3.04. The monoisotopic (exact) mass is 411 g/mol. The number of rotatable bonds is 5. The maximum absolute atomic E-state index is 13.3. The van der Waals surface area contributed by atoms with Gasteiger partial charge >= 0.3 is 0 Å². The van der Waals surface area contributed by atoms with Crippen LogP contribution in [0.15, 0.2) is 54.4 Å². The number of morpholine rings is 1. The fourth-order valence-corrected chi connectivity index (χ4v) is 3.83. The Morgan fingerprint density at radius 1 is 1.13 bits per heavy atom. The molecule has 2 aromatic rings. The second kappa shape index (κ2) is 8.73. The Kier molecular flexibility index (Phi) is 5.87. The van der Waals surface area contributed by atoms with Crippen molar-refractivity contribution >= 4 is 17.4 Å². The molecule has 0 saturated carbocycles. The minimum atomic E-state index is -0.759. The number of aliphatic hydroxyl groups excluding tert-OH is 1. The van der Waals surface area contributed by atoms with Gasteiger partial charge in [0, 0.05) is 44.1 Å². The van der Waals surface area contributed by atoms with Gasteiger partial charge < -0.3 is 14.7 Å². The second-order valence-electron chi connectivity index (χ2n) is 7.24. The predicted octanol–water partition coefficient (Wildman–Crippen LogP) is 1.97. The van der Waals surface area contributed by atoms with Gasteiger partial charge in [0.2, 0.25) is 0 Å². The van der Waals surface area contributed by atoms with Crippen molar-refractivity contribution in [2.75, 3.05) is 39.4 Å².